The molecule has 1 aromatic rings. The molecular weight excluding hydrogens is 294 g/mol. The highest BCUT2D eigenvalue weighted by Gasteiger charge is 2.26. The molecule has 0 radical (unpaired) electrons. The number of methoxy groups -OCH3 is 1. The van der Waals surface area contributed by atoms with E-state index in [4.69, 9.17) is 4.74 Å². The van der Waals surface area contributed by atoms with Gasteiger partial charge in [-0.1, -0.05) is 22.0 Å². The second kappa shape index (κ2) is 5.85. The molecule has 0 saturated heterocycles. The molecule has 1 aliphatic rings. The summed E-state index contributed by atoms with van der Waals surface area (Å²) < 4.78 is 6.24. The number of benzene rings is 1. The van der Waals surface area contributed by atoms with Gasteiger partial charge in [-0.25, -0.2) is 0 Å². The van der Waals surface area contributed by atoms with E-state index in [1.807, 2.05) is 25.1 Å². The Morgan fingerprint density at radius 2 is 2.22 bits per heavy atom. The summed E-state index contributed by atoms with van der Waals surface area (Å²) in [5.74, 6) is 0.00977. The highest BCUT2D eigenvalue weighted by molar-refractivity contribution is 9.10. The van der Waals surface area contributed by atoms with Crippen LogP contribution in [0.15, 0.2) is 22.7 Å². The van der Waals surface area contributed by atoms with E-state index in [2.05, 4.69) is 21.2 Å². The number of hydrogen-bond acceptors (Lipinski definition) is 2. The zero-order chi connectivity index (χ0) is 13.1. The standard InChI is InChI=1S/C14H18BrNO2/c1-9-3-4-10(15)7-13(9)14(17)16-11-5-6-12(8-11)18-2/h3-4,7,11-12H,5-6,8H2,1-2H3,(H,16,17). The SMILES string of the molecule is COC1CCC(NC(=O)c2cc(Br)ccc2C)C1. The first kappa shape index (κ1) is 13.6. The van der Waals surface area contributed by atoms with Crippen molar-refractivity contribution in [3.63, 3.8) is 0 Å². The molecule has 98 valence electrons. The van der Waals surface area contributed by atoms with Crippen molar-refractivity contribution in [3.8, 4) is 0 Å². The molecule has 1 fully saturated rings. The van der Waals surface area contributed by atoms with Gasteiger partial charge < -0.3 is 10.1 Å². The molecule has 3 nitrogen and oxygen atoms in total. The van der Waals surface area contributed by atoms with E-state index in [0.29, 0.717) is 6.10 Å². The fourth-order valence-corrected chi connectivity index (χ4v) is 2.75. The fraction of sp³-hybridized carbons (Fsp3) is 0.500. The summed E-state index contributed by atoms with van der Waals surface area (Å²) in [5.41, 5.74) is 1.74. The number of halogens is 1. The lowest BCUT2D eigenvalue weighted by molar-refractivity contribution is 0.0914. The number of carbonyl (C=O) groups is 1. The summed E-state index contributed by atoms with van der Waals surface area (Å²) in [6, 6.07) is 6.00. The Morgan fingerprint density at radius 1 is 1.44 bits per heavy atom. The largest absolute Gasteiger partial charge is 0.381 e. The van der Waals surface area contributed by atoms with Crippen molar-refractivity contribution in [1.82, 2.24) is 5.32 Å². The van der Waals surface area contributed by atoms with Crippen molar-refractivity contribution in [2.45, 2.75) is 38.3 Å². The summed E-state index contributed by atoms with van der Waals surface area (Å²) in [7, 11) is 1.73. The average molecular weight is 312 g/mol. The van der Waals surface area contributed by atoms with Gasteiger partial charge in [0.15, 0.2) is 0 Å². The lowest BCUT2D eigenvalue weighted by Crippen LogP contribution is -2.33. The van der Waals surface area contributed by atoms with Crippen LogP contribution in [0.25, 0.3) is 0 Å². The van der Waals surface area contributed by atoms with E-state index in [0.717, 1.165) is 34.9 Å². The van der Waals surface area contributed by atoms with Crippen LogP contribution in [-0.2, 0) is 4.74 Å². The van der Waals surface area contributed by atoms with Crippen LogP contribution in [0, 0.1) is 6.92 Å². The van der Waals surface area contributed by atoms with Gasteiger partial charge in [0.2, 0.25) is 0 Å². The van der Waals surface area contributed by atoms with Crippen molar-refractivity contribution in [2.75, 3.05) is 7.11 Å². The van der Waals surface area contributed by atoms with Crippen LogP contribution in [0.4, 0.5) is 0 Å². The molecule has 4 heteroatoms. The Kier molecular flexibility index (Phi) is 4.40. The zero-order valence-corrected chi connectivity index (χ0v) is 12.3. The number of rotatable bonds is 3. The molecule has 0 bridgehead atoms. The number of carbonyl (C=O) groups excluding carboxylic acids is 1. The van der Waals surface area contributed by atoms with Crippen molar-refractivity contribution in [1.29, 1.82) is 0 Å². The van der Waals surface area contributed by atoms with Gasteiger partial charge in [0, 0.05) is 23.2 Å². The van der Waals surface area contributed by atoms with Crippen LogP contribution in [0.5, 0.6) is 0 Å². The maximum absolute atomic E-state index is 12.2. The minimum atomic E-state index is 0.00977. The Labute approximate surface area is 116 Å². The van der Waals surface area contributed by atoms with Crippen LogP contribution in [-0.4, -0.2) is 25.2 Å². The van der Waals surface area contributed by atoms with Crippen molar-refractivity contribution in [2.24, 2.45) is 0 Å². The highest BCUT2D eigenvalue weighted by Crippen LogP contribution is 2.22. The second-order valence-electron chi connectivity index (χ2n) is 4.80. The molecule has 1 saturated carbocycles. The van der Waals surface area contributed by atoms with E-state index in [9.17, 15) is 4.79 Å². The Hall–Kier alpha value is -0.870. The van der Waals surface area contributed by atoms with Gasteiger partial charge in [-0.05, 0) is 43.9 Å². The third-order valence-electron chi connectivity index (χ3n) is 3.50. The minimum Gasteiger partial charge on any atom is -0.381 e. The molecule has 0 aliphatic heterocycles. The first-order chi connectivity index (χ1) is 8.60. The summed E-state index contributed by atoms with van der Waals surface area (Å²) in [6.45, 7) is 1.95. The Morgan fingerprint density at radius 3 is 2.89 bits per heavy atom. The molecule has 1 aliphatic carbocycles. The van der Waals surface area contributed by atoms with Gasteiger partial charge in [0.05, 0.1) is 6.10 Å². The minimum absolute atomic E-state index is 0.00977. The summed E-state index contributed by atoms with van der Waals surface area (Å²) in [6.07, 6.45) is 3.23. The highest BCUT2D eigenvalue weighted by atomic mass is 79.9. The maximum Gasteiger partial charge on any atom is 0.251 e. The topological polar surface area (TPSA) is 38.3 Å². The zero-order valence-electron chi connectivity index (χ0n) is 10.7. The molecule has 0 spiro atoms. The number of ether oxygens (including phenoxy) is 1. The first-order valence-corrected chi connectivity index (χ1v) is 6.99. The van der Waals surface area contributed by atoms with Gasteiger partial charge in [0.25, 0.3) is 5.91 Å². The quantitative estimate of drug-likeness (QED) is 0.931. The van der Waals surface area contributed by atoms with E-state index in [1.54, 1.807) is 7.11 Å². The summed E-state index contributed by atoms with van der Waals surface area (Å²) >= 11 is 3.40. The fourth-order valence-electron chi connectivity index (χ4n) is 2.39. The first-order valence-electron chi connectivity index (χ1n) is 6.20. The van der Waals surface area contributed by atoms with Crippen LogP contribution in [0.2, 0.25) is 0 Å². The molecule has 1 N–H and O–H groups in total. The van der Waals surface area contributed by atoms with E-state index in [-0.39, 0.29) is 11.9 Å². The predicted molar refractivity (Wildman–Crippen MR) is 74.8 cm³/mol. The summed E-state index contributed by atoms with van der Waals surface area (Å²) in [5, 5.41) is 3.09. The third kappa shape index (κ3) is 3.12. The van der Waals surface area contributed by atoms with Crippen molar-refractivity contribution >= 4 is 21.8 Å². The second-order valence-corrected chi connectivity index (χ2v) is 5.72. The monoisotopic (exact) mass is 311 g/mol. The molecule has 18 heavy (non-hydrogen) atoms. The molecule has 1 aromatic carbocycles. The van der Waals surface area contributed by atoms with E-state index >= 15 is 0 Å². The average Bonchev–Trinajstić information content (AvgIpc) is 2.80. The molecule has 0 aromatic heterocycles. The molecular formula is C14H18BrNO2. The van der Waals surface area contributed by atoms with Gasteiger partial charge in [-0.3, -0.25) is 4.79 Å². The number of amides is 1. The van der Waals surface area contributed by atoms with E-state index < -0.39 is 0 Å². The molecule has 0 heterocycles. The predicted octanol–water partition coefficient (Wildman–Crippen LogP) is 3.05. The molecule has 2 unspecified atom stereocenters. The van der Waals surface area contributed by atoms with Crippen molar-refractivity contribution in [3.05, 3.63) is 33.8 Å². The normalized spacial score (nSPS) is 23.1. The number of aryl methyl sites for hydroxylation is 1. The molecule has 1 amide bonds. The van der Waals surface area contributed by atoms with Gasteiger partial charge in [0.1, 0.15) is 0 Å². The van der Waals surface area contributed by atoms with Crippen LogP contribution in [0.3, 0.4) is 0 Å². The smallest absolute Gasteiger partial charge is 0.251 e. The number of nitrogens with one attached hydrogen (secondary N) is 1. The van der Waals surface area contributed by atoms with Gasteiger partial charge >= 0.3 is 0 Å². The molecule has 2 rings (SSSR count). The van der Waals surface area contributed by atoms with Crippen molar-refractivity contribution < 1.29 is 9.53 Å². The number of hydrogen-bond donors (Lipinski definition) is 1. The lowest BCUT2D eigenvalue weighted by Gasteiger charge is -2.14. The van der Waals surface area contributed by atoms with Crippen LogP contribution in [0.1, 0.15) is 35.2 Å². The van der Waals surface area contributed by atoms with Gasteiger partial charge in [-0.15, -0.1) is 0 Å². The van der Waals surface area contributed by atoms with Crippen LogP contribution >= 0.6 is 15.9 Å². The Balaban J connectivity index is 2.02. The molecule has 2 atom stereocenters. The van der Waals surface area contributed by atoms with Crippen LogP contribution < -0.4 is 5.32 Å². The maximum atomic E-state index is 12.2. The van der Waals surface area contributed by atoms with E-state index in [1.165, 1.54) is 0 Å². The summed E-state index contributed by atoms with van der Waals surface area (Å²) in [4.78, 5) is 12.2. The lowest BCUT2D eigenvalue weighted by atomic mass is 10.1. The Bertz CT molecular complexity index is 447. The van der Waals surface area contributed by atoms with Gasteiger partial charge in [-0.2, -0.15) is 0 Å². The third-order valence-corrected chi connectivity index (χ3v) is 3.99.